The number of fused-ring (bicyclic) bond motifs is 4. The summed E-state index contributed by atoms with van der Waals surface area (Å²) in [5.74, 6) is -1.63. The summed E-state index contributed by atoms with van der Waals surface area (Å²) >= 11 is 0. The second-order valence-electron chi connectivity index (χ2n) is 7.30. The zero-order chi connectivity index (χ0) is 21.0. The molecule has 0 bridgehead atoms. The van der Waals surface area contributed by atoms with Gasteiger partial charge in [0.2, 0.25) is 17.7 Å². The molecule has 1 aromatic heterocycles. The van der Waals surface area contributed by atoms with E-state index < -0.39 is 23.0 Å². The van der Waals surface area contributed by atoms with Crippen molar-refractivity contribution in [1.29, 1.82) is 0 Å². The summed E-state index contributed by atoms with van der Waals surface area (Å²) in [6.45, 7) is -0.299. The number of para-hydroxylation sites is 1. The van der Waals surface area contributed by atoms with Crippen molar-refractivity contribution in [3.05, 3.63) is 71.7 Å². The van der Waals surface area contributed by atoms with E-state index in [0.29, 0.717) is 28.3 Å². The summed E-state index contributed by atoms with van der Waals surface area (Å²) in [7, 11) is 0. The van der Waals surface area contributed by atoms with Crippen LogP contribution in [0.1, 0.15) is 17.5 Å². The van der Waals surface area contributed by atoms with Gasteiger partial charge in [-0.1, -0.05) is 24.3 Å². The predicted octanol–water partition coefficient (Wildman–Crippen LogP) is 1.47. The van der Waals surface area contributed by atoms with E-state index in [9.17, 15) is 18.8 Å². The first-order valence-electron chi connectivity index (χ1n) is 9.26. The summed E-state index contributed by atoms with van der Waals surface area (Å²) < 4.78 is 15.2. The van der Waals surface area contributed by atoms with Crippen LogP contribution < -0.4 is 16.0 Å². The average Bonchev–Trinajstić information content (AvgIpc) is 3.23. The third kappa shape index (κ3) is 2.38. The molecule has 0 aliphatic carbocycles. The van der Waals surface area contributed by atoms with Crippen molar-refractivity contribution in [2.75, 3.05) is 16.8 Å². The SMILES string of the molecule is NC(=O)CN1C(=O)[C@]2(CC(=O)Nc3c2cnn3-c2cccc(F)c2)c2ccccc21. The normalized spacial score (nSPS) is 19.6. The van der Waals surface area contributed by atoms with Crippen molar-refractivity contribution < 1.29 is 18.8 Å². The molecule has 8 nitrogen and oxygen atoms in total. The molecule has 0 saturated carbocycles. The van der Waals surface area contributed by atoms with Crippen molar-refractivity contribution >= 4 is 29.2 Å². The number of carbonyl (C=O) groups excluding carboxylic acids is 3. The fraction of sp³-hybridized carbons (Fsp3) is 0.143. The molecular formula is C21H16FN5O3. The van der Waals surface area contributed by atoms with Crippen LogP contribution in [-0.2, 0) is 19.8 Å². The molecule has 30 heavy (non-hydrogen) atoms. The summed E-state index contributed by atoms with van der Waals surface area (Å²) in [5, 5.41) is 7.09. The molecular weight excluding hydrogens is 389 g/mol. The van der Waals surface area contributed by atoms with Gasteiger partial charge in [0.25, 0.3) is 0 Å². The summed E-state index contributed by atoms with van der Waals surface area (Å²) in [4.78, 5) is 39.3. The molecule has 0 saturated heterocycles. The zero-order valence-corrected chi connectivity index (χ0v) is 15.6. The van der Waals surface area contributed by atoms with Gasteiger partial charge >= 0.3 is 0 Å². The van der Waals surface area contributed by atoms with Crippen LogP contribution in [0, 0.1) is 5.82 Å². The largest absolute Gasteiger partial charge is 0.368 e. The molecule has 2 aromatic carbocycles. The Hall–Kier alpha value is -4.01. The lowest BCUT2D eigenvalue weighted by atomic mass is 9.72. The predicted molar refractivity (Wildman–Crippen MR) is 106 cm³/mol. The van der Waals surface area contributed by atoms with Gasteiger partial charge < -0.3 is 16.0 Å². The number of hydrogen-bond acceptors (Lipinski definition) is 4. The monoisotopic (exact) mass is 405 g/mol. The number of amides is 3. The summed E-state index contributed by atoms with van der Waals surface area (Å²) in [6.07, 6.45) is 1.36. The van der Waals surface area contributed by atoms with E-state index >= 15 is 0 Å². The van der Waals surface area contributed by atoms with Crippen molar-refractivity contribution in [1.82, 2.24) is 9.78 Å². The molecule has 2 aliphatic heterocycles. The molecule has 3 aromatic rings. The van der Waals surface area contributed by atoms with E-state index in [1.165, 1.54) is 34.0 Å². The van der Waals surface area contributed by atoms with Crippen LogP contribution in [0.25, 0.3) is 5.69 Å². The van der Waals surface area contributed by atoms with E-state index in [-0.39, 0.29) is 18.9 Å². The maximum atomic E-state index is 13.8. The van der Waals surface area contributed by atoms with Crippen molar-refractivity contribution in [3.8, 4) is 5.69 Å². The number of anilines is 2. The van der Waals surface area contributed by atoms with Gasteiger partial charge in [0.15, 0.2) is 0 Å². The lowest BCUT2D eigenvalue weighted by Gasteiger charge is -2.32. The van der Waals surface area contributed by atoms with Crippen LogP contribution in [0.3, 0.4) is 0 Å². The average molecular weight is 405 g/mol. The van der Waals surface area contributed by atoms with Gasteiger partial charge in [-0.05, 0) is 29.8 Å². The summed E-state index contributed by atoms with van der Waals surface area (Å²) in [5.41, 5.74) is 6.04. The van der Waals surface area contributed by atoms with Crippen LogP contribution in [0.2, 0.25) is 0 Å². The molecule has 5 rings (SSSR count). The second-order valence-corrected chi connectivity index (χ2v) is 7.30. The molecule has 0 fully saturated rings. The number of primary amides is 1. The molecule has 3 amide bonds. The van der Waals surface area contributed by atoms with Gasteiger partial charge in [-0.15, -0.1) is 0 Å². The first kappa shape index (κ1) is 18.0. The number of nitrogens with zero attached hydrogens (tertiary/aromatic N) is 3. The molecule has 3 N–H and O–H groups in total. The van der Waals surface area contributed by atoms with Crippen LogP contribution in [-0.4, -0.2) is 34.0 Å². The van der Waals surface area contributed by atoms with Gasteiger partial charge in [0.1, 0.15) is 23.6 Å². The third-order valence-corrected chi connectivity index (χ3v) is 5.54. The van der Waals surface area contributed by atoms with Crippen LogP contribution >= 0.6 is 0 Å². The maximum absolute atomic E-state index is 13.8. The Morgan fingerprint density at radius 3 is 2.73 bits per heavy atom. The number of hydrogen-bond donors (Lipinski definition) is 2. The van der Waals surface area contributed by atoms with E-state index in [4.69, 9.17) is 5.73 Å². The number of benzene rings is 2. The van der Waals surface area contributed by atoms with Crippen LogP contribution in [0.15, 0.2) is 54.7 Å². The van der Waals surface area contributed by atoms with Gasteiger partial charge in [0, 0.05) is 17.7 Å². The van der Waals surface area contributed by atoms with Crippen molar-refractivity contribution in [2.45, 2.75) is 11.8 Å². The van der Waals surface area contributed by atoms with E-state index in [0.717, 1.165) is 0 Å². The molecule has 9 heteroatoms. The van der Waals surface area contributed by atoms with Crippen LogP contribution in [0.4, 0.5) is 15.9 Å². The van der Waals surface area contributed by atoms with E-state index in [1.807, 2.05) is 0 Å². The topological polar surface area (TPSA) is 110 Å². The highest BCUT2D eigenvalue weighted by molar-refractivity contribution is 6.17. The number of rotatable bonds is 3. The lowest BCUT2D eigenvalue weighted by molar-refractivity contribution is -0.127. The fourth-order valence-electron chi connectivity index (χ4n) is 4.37. The highest BCUT2D eigenvalue weighted by Gasteiger charge is 2.57. The highest BCUT2D eigenvalue weighted by Crippen LogP contribution is 2.52. The molecule has 2 aliphatic rings. The Morgan fingerprint density at radius 1 is 1.17 bits per heavy atom. The molecule has 1 spiro atoms. The Morgan fingerprint density at radius 2 is 1.97 bits per heavy atom. The summed E-state index contributed by atoms with van der Waals surface area (Å²) in [6, 6.07) is 12.8. The van der Waals surface area contributed by atoms with Gasteiger partial charge in [-0.2, -0.15) is 5.10 Å². The minimum atomic E-state index is -1.34. The minimum absolute atomic E-state index is 0.139. The Kier molecular flexibility index (Phi) is 3.76. The number of halogens is 1. The van der Waals surface area contributed by atoms with Gasteiger partial charge in [-0.25, -0.2) is 9.07 Å². The number of nitrogens with one attached hydrogen (secondary N) is 1. The quantitative estimate of drug-likeness (QED) is 0.688. The lowest BCUT2D eigenvalue weighted by Crippen LogP contribution is -2.48. The second kappa shape index (κ2) is 6.24. The van der Waals surface area contributed by atoms with Gasteiger partial charge in [0.05, 0.1) is 11.9 Å². The molecule has 150 valence electrons. The Labute approximate surface area is 170 Å². The first-order chi connectivity index (χ1) is 14.4. The smallest absolute Gasteiger partial charge is 0.243 e. The zero-order valence-electron chi connectivity index (χ0n) is 15.6. The third-order valence-electron chi connectivity index (χ3n) is 5.54. The minimum Gasteiger partial charge on any atom is -0.368 e. The molecule has 3 heterocycles. The maximum Gasteiger partial charge on any atom is 0.243 e. The Balaban J connectivity index is 1.75. The van der Waals surface area contributed by atoms with Crippen LogP contribution in [0.5, 0.6) is 0 Å². The van der Waals surface area contributed by atoms with Gasteiger partial charge in [-0.3, -0.25) is 14.4 Å². The van der Waals surface area contributed by atoms with E-state index in [1.54, 1.807) is 30.3 Å². The molecule has 0 unspecified atom stereocenters. The standard InChI is InChI=1S/C21H16FN5O3/c22-12-4-3-5-13(8-12)27-19-15(10-24-27)21(9-18(29)25-19)14-6-1-2-7-16(14)26(20(21)30)11-17(23)28/h1-8,10H,9,11H2,(H2,23,28)(H,25,29)/t21-/m1/s1. The van der Waals surface area contributed by atoms with Crippen molar-refractivity contribution in [2.24, 2.45) is 5.73 Å². The fourth-order valence-corrected chi connectivity index (χ4v) is 4.37. The van der Waals surface area contributed by atoms with Crippen molar-refractivity contribution in [3.63, 3.8) is 0 Å². The number of carbonyl (C=O) groups is 3. The number of aromatic nitrogens is 2. The molecule has 1 atom stereocenters. The highest BCUT2D eigenvalue weighted by atomic mass is 19.1. The number of nitrogens with two attached hydrogens (primary N) is 1. The Bertz CT molecular complexity index is 1240. The first-order valence-corrected chi connectivity index (χ1v) is 9.26. The molecule has 0 radical (unpaired) electrons. The van der Waals surface area contributed by atoms with E-state index in [2.05, 4.69) is 10.4 Å².